The fraction of sp³-hybridized carbons (Fsp3) is 1.00. The molecule has 0 aliphatic heterocycles. The van der Waals surface area contributed by atoms with Crippen molar-refractivity contribution in [3.8, 4) is 0 Å². The first-order chi connectivity index (χ1) is 7.40. The molecule has 0 unspecified atom stereocenters. The van der Waals surface area contributed by atoms with Gasteiger partial charge in [0.25, 0.3) is 0 Å². The van der Waals surface area contributed by atoms with E-state index in [1.54, 1.807) is 7.05 Å². The number of hydrogen-bond donors (Lipinski definition) is 0. The van der Waals surface area contributed by atoms with Crippen LogP contribution in [-0.2, 0) is 10.0 Å². The molecule has 98 valence electrons. The molecule has 0 aromatic heterocycles. The van der Waals surface area contributed by atoms with Gasteiger partial charge >= 0.3 is 0 Å². The van der Waals surface area contributed by atoms with Crippen LogP contribution in [0.5, 0.6) is 0 Å². The molecule has 4 nitrogen and oxygen atoms in total. The van der Waals surface area contributed by atoms with E-state index in [0.29, 0.717) is 18.8 Å². The molecule has 0 saturated heterocycles. The lowest BCUT2D eigenvalue weighted by molar-refractivity contribution is 0.370. The van der Waals surface area contributed by atoms with Crippen molar-refractivity contribution in [1.29, 1.82) is 0 Å². The van der Waals surface area contributed by atoms with Gasteiger partial charge in [0, 0.05) is 19.5 Å². The number of alkyl halides is 1. The molecule has 0 bridgehead atoms. The first kappa shape index (κ1) is 16.2. The molecule has 0 aromatic carbocycles. The molecule has 0 saturated carbocycles. The Morgan fingerprint density at radius 3 is 2.12 bits per heavy atom. The number of unbranched alkanes of at least 4 members (excludes halogenated alkanes) is 1. The van der Waals surface area contributed by atoms with Crippen molar-refractivity contribution < 1.29 is 8.42 Å². The lowest BCUT2D eigenvalue weighted by Gasteiger charge is -2.18. The van der Waals surface area contributed by atoms with Crippen molar-refractivity contribution in [3.63, 3.8) is 0 Å². The highest BCUT2D eigenvalue weighted by molar-refractivity contribution is 7.89. The highest BCUT2D eigenvalue weighted by Gasteiger charge is 2.16. The standard InChI is InChI=1S/C10H23ClN2O2S/c1-12(2)8-6-9-13(3)16(14,15)10-5-4-7-11/h4-10H2,1-3H3. The van der Waals surface area contributed by atoms with Gasteiger partial charge in [0.05, 0.1) is 5.75 Å². The third kappa shape index (κ3) is 7.44. The van der Waals surface area contributed by atoms with Crippen LogP contribution in [0, 0.1) is 0 Å². The molecular weight excluding hydrogens is 248 g/mol. The summed E-state index contributed by atoms with van der Waals surface area (Å²) < 4.78 is 24.9. The smallest absolute Gasteiger partial charge is 0.213 e. The van der Waals surface area contributed by atoms with E-state index in [2.05, 4.69) is 0 Å². The predicted molar refractivity (Wildman–Crippen MR) is 69.5 cm³/mol. The van der Waals surface area contributed by atoms with Crippen molar-refractivity contribution in [3.05, 3.63) is 0 Å². The fourth-order valence-corrected chi connectivity index (χ4v) is 2.76. The number of sulfonamides is 1. The van der Waals surface area contributed by atoms with Gasteiger partial charge in [-0.1, -0.05) is 0 Å². The van der Waals surface area contributed by atoms with E-state index in [1.807, 2.05) is 19.0 Å². The minimum absolute atomic E-state index is 0.207. The third-order valence-electron chi connectivity index (χ3n) is 2.34. The zero-order chi connectivity index (χ0) is 12.6. The van der Waals surface area contributed by atoms with Crippen LogP contribution in [0.25, 0.3) is 0 Å². The van der Waals surface area contributed by atoms with Crippen LogP contribution in [0.2, 0.25) is 0 Å². The summed E-state index contributed by atoms with van der Waals surface area (Å²) in [6.07, 6.45) is 2.26. The van der Waals surface area contributed by atoms with Gasteiger partial charge in [-0.05, 0) is 39.9 Å². The SMILES string of the molecule is CN(C)CCCN(C)S(=O)(=O)CCCCCl. The number of hydrogen-bond acceptors (Lipinski definition) is 3. The maximum absolute atomic E-state index is 11.8. The van der Waals surface area contributed by atoms with E-state index in [1.165, 1.54) is 4.31 Å². The van der Waals surface area contributed by atoms with Crippen LogP contribution in [0.4, 0.5) is 0 Å². The molecule has 0 aromatic rings. The summed E-state index contributed by atoms with van der Waals surface area (Å²) in [4.78, 5) is 2.05. The number of halogens is 1. The largest absolute Gasteiger partial charge is 0.309 e. The predicted octanol–water partition coefficient (Wildman–Crippen LogP) is 1.22. The summed E-state index contributed by atoms with van der Waals surface area (Å²) in [5, 5.41) is 0. The zero-order valence-electron chi connectivity index (χ0n) is 10.4. The Morgan fingerprint density at radius 1 is 1.00 bits per heavy atom. The lowest BCUT2D eigenvalue weighted by Crippen LogP contribution is -2.31. The Bertz CT molecular complexity index is 268. The summed E-state index contributed by atoms with van der Waals surface area (Å²) in [6.45, 7) is 1.49. The zero-order valence-corrected chi connectivity index (χ0v) is 12.0. The third-order valence-corrected chi connectivity index (χ3v) is 4.54. The summed E-state index contributed by atoms with van der Waals surface area (Å²) in [5.74, 6) is 0.734. The Kier molecular flexibility index (Phi) is 8.36. The van der Waals surface area contributed by atoms with Crippen LogP contribution in [0.1, 0.15) is 19.3 Å². The normalized spacial score (nSPS) is 12.6. The molecule has 0 heterocycles. The van der Waals surface area contributed by atoms with Gasteiger partial charge in [-0.3, -0.25) is 0 Å². The summed E-state index contributed by atoms with van der Waals surface area (Å²) in [6, 6.07) is 0. The Hall–Kier alpha value is 0.160. The summed E-state index contributed by atoms with van der Waals surface area (Å²) >= 11 is 5.51. The molecule has 0 amide bonds. The topological polar surface area (TPSA) is 40.6 Å². The average Bonchev–Trinajstić information content (AvgIpc) is 2.17. The summed E-state index contributed by atoms with van der Waals surface area (Å²) in [5.41, 5.74) is 0. The molecular formula is C10H23ClN2O2S. The van der Waals surface area contributed by atoms with Gasteiger partial charge < -0.3 is 4.90 Å². The van der Waals surface area contributed by atoms with Crippen molar-refractivity contribution in [1.82, 2.24) is 9.21 Å². The van der Waals surface area contributed by atoms with Crippen LogP contribution < -0.4 is 0 Å². The van der Waals surface area contributed by atoms with E-state index in [-0.39, 0.29) is 5.75 Å². The van der Waals surface area contributed by atoms with E-state index in [4.69, 9.17) is 11.6 Å². The van der Waals surface area contributed by atoms with E-state index in [0.717, 1.165) is 19.4 Å². The first-order valence-electron chi connectivity index (χ1n) is 5.55. The second-order valence-corrected chi connectivity index (χ2v) is 6.76. The molecule has 0 fully saturated rings. The van der Waals surface area contributed by atoms with Gasteiger partial charge in [0.15, 0.2) is 0 Å². The molecule has 6 heteroatoms. The van der Waals surface area contributed by atoms with Gasteiger partial charge in [-0.25, -0.2) is 12.7 Å². The molecule has 0 spiro atoms. The molecule has 0 atom stereocenters. The average molecular weight is 271 g/mol. The molecule has 16 heavy (non-hydrogen) atoms. The highest BCUT2D eigenvalue weighted by atomic mass is 35.5. The fourth-order valence-electron chi connectivity index (χ4n) is 1.28. The van der Waals surface area contributed by atoms with Gasteiger partial charge in [-0.2, -0.15) is 0 Å². The van der Waals surface area contributed by atoms with Crippen molar-refractivity contribution in [2.24, 2.45) is 0 Å². The monoisotopic (exact) mass is 270 g/mol. The van der Waals surface area contributed by atoms with Crippen molar-refractivity contribution in [2.75, 3.05) is 45.9 Å². The summed E-state index contributed by atoms with van der Waals surface area (Å²) in [7, 11) is 2.53. The maximum atomic E-state index is 11.8. The van der Waals surface area contributed by atoms with E-state index < -0.39 is 10.0 Å². The Morgan fingerprint density at radius 2 is 1.62 bits per heavy atom. The molecule has 0 aliphatic rings. The van der Waals surface area contributed by atoms with Crippen molar-refractivity contribution >= 4 is 21.6 Å². The number of nitrogens with zero attached hydrogens (tertiary/aromatic N) is 2. The van der Waals surface area contributed by atoms with E-state index >= 15 is 0 Å². The maximum Gasteiger partial charge on any atom is 0.213 e. The molecule has 0 aliphatic carbocycles. The molecule has 0 rings (SSSR count). The van der Waals surface area contributed by atoms with Crippen LogP contribution in [-0.4, -0.2) is 63.5 Å². The van der Waals surface area contributed by atoms with Crippen LogP contribution >= 0.6 is 11.6 Å². The molecule has 0 N–H and O–H groups in total. The highest BCUT2D eigenvalue weighted by Crippen LogP contribution is 2.04. The van der Waals surface area contributed by atoms with Crippen LogP contribution in [0.3, 0.4) is 0 Å². The quantitative estimate of drug-likeness (QED) is 0.467. The minimum atomic E-state index is -3.07. The second kappa shape index (κ2) is 8.28. The van der Waals surface area contributed by atoms with E-state index in [9.17, 15) is 8.42 Å². The van der Waals surface area contributed by atoms with Gasteiger partial charge in [0.2, 0.25) is 10.0 Å². The van der Waals surface area contributed by atoms with Gasteiger partial charge in [0.1, 0.15) is 0 Å². The Balaban J connectivity index is 3.90. The van der Waals surface area contributed by atoms with Gasteiger partial charge in [-0.15, -0.1) is 11.6 Å². The van der Waals surface area contributed by atoms with Crippen molar-refractivity contribution in [2.45, 2.75) is 19.3 Å². The Labute approximate surface area is 105 Å². The second-order valence-electron chi connectivity index (χ2n) is 4.19. The first-order valence-corrected chi connectivity index (χ1v) is 7.69. The molecule has 0 radical (unpaired) electrons. The van der Waals surface area contributed by atoms with Crippen LogP contribution in [0.15, 0.2) is 0 Å². The number of rotatable bonds is 9. The lowest BCUT2D eigenvalue weighted by atomic mass is 10.4. The minimum Gasteiger partial charge on any atom is -0.309 e.